The Bertz CT molecular complexity index is 1810. The maximum Gasteiger partial charge on any atom is 3.00 e. The van der Waals surface area contributed by atoms with Crippen molar-refractivity contribution in [3.63, 3.8) is 0 Å². The minimum absolute atomic E-state index is 0. The third-order valence-electron chi connectivity index (χ3n) is 14.8. The Morgan fingerprint density at radius 1 is 0.235 bits per heavy atom. The number of amides is 6. The van der Waals surface area contributed by atoms with Gasteiger partial charge in [0, 0.05) is 120 Å². The van der Waals surface area contributed by atoms with Crippen molar-refractivity contribution in [2.24, 2.45) is 0 Å². The summed E-state index contributed by atoms with van der Waals surface area (Å²) >= 11 is 0. The standard InChI is InChI=1S/9C6H12N2O.3HI.Nd/c9*1-7-4-3-5-8(2)6(7)9;;;;/h9*3-5H2,1-2H3;3*1H;/q;;;;;;;;;;;;+3/p-3. The monoisotopic (exact) mass is 1680 g/mol. The topological polar surface area (TPSA) is 247 Å². The van der Waals surface area contributed by atoms with Crippen LogP contribution in [0.4, 0.5) is 14.4 Å². The van der Waals surface area contributed by atoms with Crippen molar-refractivity contribution >= 4 is 54.2 Å². The van der Waals surface area contributed by atoms with Crippen LogP contribution in [-0.2, 0) is 0 Å². The molecule has 85 heavy (non-hydrogen) atoms. The predicted molar refractivity (Wildman–Crippen MR) is 306 cm³/mol. The molecule has 3 fully saturated rings. The van der Waals surface area contributed by atoms with Crippen molar-refractivity contribution < 1.29 is 185 Å². The summed E-state index contributed by atoms with van der Waals surface area (Å²) in [5, 5.41) is 65.9. The molecular weight excluding hydrogens is 1570 g/mol. The molecule has 493 valence electrons. The molecular formula is C54H108I3N18NdO9. The van der Waals surface area contributed by atoms with Gasteiger partial charge in [0.05, 0.1) is 163 Å². The molecule has 0 saturated carbocycles. The first-order valence-corrected chi connectivity index (χ1v) is 28.6. The predicted octanol–water partition coefficient (Wildman–Crippen LogP) is -15.8. The molecule has 9 rings (SSSR count). The van der Waals surface area contributed by atoms with E-state index in [4.69, 9.17) is 0 Å². The van der Waals surface area contributed by atoms with Crippen LogP contribution in [0.1, 0.15) is 57.8 Å². The Hall–Kier alpha value is -3.03. The van der Waals surface area contributed by atoms with Crippen molar-refractivity contribution in [1.29, 1.82) is 0 Å². The molecule has 0 aromatic carbocycles. The van der Waals surface area contributed by atoms with Crippen molar-refractivity contribution in [3.05, 3.63) is 0 Å². The van der Waals surface area contributed by atoms with E-state index in [0.717, 1.165) is 176 Å². The van der Waals surface area contributed by atoms with Crippen molar-refractivity contribution in [2.75, 3.05) is 245 Å². The van der Waals surface area contributed by atoms with Gasteiger partial charge in [0.1, 0.15) is 0 Å². The van der Waals surface area contributed by atoms with Gasteiger partial charge in [-0.2, -0.15) is 0 Å². The zero-order valence-corrected chi connectivity index (χ0v) is 64.6. The van der Waals surface area contributed by atoms with Crippen molar-refractivity contribution in [2.45, 2.75) is 57.8 Å². The fourth-order valence-electron chi connectivity index (χ4n) is 9.25. The van der Waals surface area contributed by atoms with E-state index >= 15 is 0 Å². The van der Waals surface area contributed by atoms with Crippen LogP contribution < -0.4 is 103 Å². The van der Waals surface area contributed by atoms with Crippen LogP contribution in [0.3, 0.4) is 0 Å². The van der Waals surface area contributed by atoms with Crippen LogP contribution in [0.15, 0.2) is 0 Å². The second kappa shape index (κ2) is 47.0. The molecule has 3 saturated heterocycles. The maximum absolute atomic E-state index is 11.0. The summed E-state index contributed by atoms with van der Waals surface area (Å²) in [4.78, 5) is 53.8. The van der Waals surface area contributed by atoms with Gasteiger partial charge in [0.15, 0.2) is 0 Å². The quantitative estimate of drug-likeness (QED) is 0.162. The maximum atomic E-state index is 11.0. The minimum atomic E-state index is 0. The van der Waals surface area contributed by atoms with Gasteiger partial charge >= 0.3 is 58.9 Å². The van der Waals surface area contributed by atoms with Gasteiger partial charge in [0.2, 0.25) is 36.1 Å². The summed E-state index contributed by atoms with van der Waals surface area (Å²) < 4.78 is 10.4. The molecule has 0 spiro atoms. The van der Waals surface area contributed by atoms with E-state index in [1.165, 1.54) is 0 Å². The Labute approximate surface area is 595 Å². The van der Waals surface area contributed by atoms with Gasteiger partial charge in [-0.25, -0.2) is 14.4 Å². The largest absolute Gasteiger partial charge is 3.00 e. The molecule has 0 bridgehead atoms. The SMILES string of the molecule is CN1CCCN(C)C1=O.CN1CCCN(C)C1=O.CN1CCCN(C)C1=O.CN1CCC[N+](C)=C1[O-].CN1CCC[N+](C)=C1[O-].CN1CCC[N+](C)=C1[O-].CN1CCC[N+](C)=C1[O-].CN1CCC[N+](C)=C1[O-].CN1CCC[N+](C)=C1[O-].[I-].[I-].[I-].[Nd+3]. The molecule has 9 aliphatic heterocycles. The summed E-state index contributed by atoms with van der Waals surface area (Å²) in [6, 6.07) is 1.26. The minimum Gasteiger partial charge on any atom is -1.00 e. The molecule has 0 atom stereocenters. The van der Waals surface area contributed by atoms with Gasteiger partial charge in [0.25, 0.3) is 0 Å². The Morgan fingerprint density at radius 3 is 0.424 bits per heavy atom. The summed E-state index contributed by atoms with van der Waals surface area (Å²) in [7, 11) is 33.0. The number of carbonyl (C=O) groups excluding carboxylic acids is 3. The van der Waals surface area contributed by atoms with Crippen LogP contribution in [0.25, 0.3) is 0 Å². The number of urea groups is 3. The van der Waals surface area contributed by atoms with Gasteiger partial charge in [-0.05, 0) is 19.3 Å². The van der Waals surface area contributed by atoms with E-state index in [1.54, 1.807) is 86.3 Å². The molecule has 31 heteroatoms. The second-order valence-electron chi connectivity index (χ2n) is 22.3. The van der Waals surface area contributed by atoms with E-state index in [-0.39, 0.29) is 167 Å². The van der Waals surface area contributed by atoms with Crippen LogP contribution in [0.5, 0.6) is 0 Å². The van der Waals surface area contributed by atoms with Gasteiger partial charge in [-0.15, -0.1) is 0 Å². The number of halogens is 3. The first-order valence-electron chi connectivity index (χ1n) is 28.6. The first-order chi connectivity index (χ1) is 37.9. The molecule has 1 radical (unpaired) electrons. The zero-order chi connectivity index (χ0) is 61.7. The summed E-state index contributed by atoms with van der Waals surface area (Å²) in [6.45, 7) is 16.3. The third-order valence-corrected chi connectivity index (χ3v) is 14.8. The number of hydrogen-bond donors (Lipinski definition) is 0. The summed E-state index contributed by atoms with van der Waals surface area (Å²) in [6.07, 6.45) is 9.86. The smallest absolute Gasteiger partial charge is 1.00 e. The van der Waals surface area contributed by atoms with Gasteiger partial charge in [-0.1, -0.05) is 0 Å². The van der Waals surface area contributed by atoms with E-state index in [9.17, 15) is 45.0 Å². The average molecular weight is 1680 g/mol. The third kappa shape index (κ3) is 33.4. The number of amidine groups is 6. The summed E-state index contributed by atoms with van der Waals surface area (Å²) in [5.41, 5.74) is 0. The number of rotatable bonds is 0. The molecule has 0 unspecified atom stereocenters. The zero-order valence-electron chi connectivity index (χ0n) is 54.9. The fourth-order valence-corrected chi connectivity index (χ4v) is 9.25. The van der Waals surface area contributed by atoms with E-state index in [1.807, 2.05) is 127 Å². The molecule has 0 N–H and O–H groups in total. The average Bonchev–Trinajstić information content (AvgIpc) is 3.42. The fraction of sp³-hybridized carbons (Fsp3) is 0.833. The van der Waals surface area contributed by atoms with E-state index in [2.05, 4.69) is 0 Å². The number of hydrogen-bond acceptors (Lipinski definition) is 15. The molecule has 9 aliphatic rings. The van der Waals surface area contributed by atoms with Crippen molar-refractivity contribution in [3.8, 4) is 0 Å². The Balaban J connectivity index is -0.000000432. The van der Waals surface area contributed by atoms with Crippen LogP contribution in [-0.4, -0.2) is 385 Å². The van der Waals surface area contributed by atoms with E-state index in [0.29, 0.717) is 0 Å². The summed E-state index contributed by atoms with van der Waals surface area (Å²) in [5.74, 6) is 0. The molecule has 6 amide bonds. The van der Waals surface area contributed by atoms with Crippen LogP contribution in [0.2, 0.25) is 0 Å². The van der Waals surface area contributed by atoms with Gasteiger partial charge in [-0.3, -0.25) is 56.9 Å². The second-order valence-corrected chi connectivity index (χ2v) is 22.3. The molecule has 27 nitrogen and oxygen atoms in total. The molecule has 9 heterocycles. The van der Waals surface area contributed by atoms with Crippen LogP contribution in [0, 0.1) is 40.8 Å². The Morgan fingerprint density at radius 2 is 0.341 bits per heavy atom. The first kappa shape index (κ1) is 88.4. The Kier molecular flexibility index (Phi) is 48.9. The normalized spacial score (nSPS) is 19.9. The molecule has 0 aromatic rings. The molecule has 0 aromatic heterocycles. The number of carbonyl (C=O) groups is 3. The number of nitrogens with zero attached hydrogens (tertiary/aromatic N) is 18. The van der Waals surface area contributed by atoms with Gasteiger partial charge < -0.3 is 132 Å². The van der Waals surface area contributed by atoms with Crippen LogP contribution >= 0.6 is 0 Å². The molecule has 0 aliphatic carbocycles. The van der Waals surface area contributed by atoms with Crippen molar-refractivity contribution in [1.82, 2.24) is 58.8 Å². The van der Waals surface area contributed by atoms with E-state index < -0.39 is 0 Å².